The maximum Gasteiger partial charge on any atom is 0.0581 e. The van der Waals surface area contributed by atoms with E-state index < -0.39 is 0 Å². The summed E-state index contributed by atoms with van der Waals surface area (Å²) < 4.78 is 0. The fourth-order valence-corrected chi connectivity index (χ4v) is 2.07. The average molecular weight is 256 g/mol. The summed E-state index contributed by atoms with van der Waals surface area (Å²) in [5, 5.41) is 10.8. The summed E-state index contributed by atoms with van der Waals surface area (Å²) in [4.78, 5) is 2.11. The number of benzene rings is 1. The third-order valence-electron chi connectivity index (χ3n) is 2.95. The van der Waals surface area contributed by atoms with Gasteiger partial charge in [0.05, 0.1) is 6.10 Å². The lowest BCUT2D eigenvalue weighted by Crippen LogP contribution is -2.29. The zero-order chi connectivity index (χ0) is 12.8. The fourth-order valence-electron chi connectivity index (χ4n) is 1.95. The van der Waals surface area contributed by atoms with Crippen molar-refractivity contribution in [2.24, 2.45) is 5.92 Å². The summed E-state index contributed by atoms with van der Waals surface area (Å²) in [5.74, 6) is 0.303. The maximum atomic E-state index is 10.0. The van der Waals surface area contributed by atoms with Gasteiger partial charge in [-0.15, -0.1) is 0 Å². The summed E-state index contributed by atoms with van der Waals surface area (Å²) in [6.45, 7) is 3.01. The van der Waals surface area contributed by atoms with Crippen LogP contribution in [-0.4, -0.2) is 36.8 Å². The summed E-state index contributed by atoms with van der Waals surface area (Å²) in [6.07, 6.45) is 1.46. The Kier molecular flexibility index (Phi) is 5.96. The summed E-state index contributed by atoms with van der Waals surface area (Å²) in [5.41, 5.74) is 1.23. The highest BCUT2D eigenvalue weighted by Gasteiger charge is 2.14. The molecule has 0 aliphatic rings. The van der Waals surface area contributed by atoms with E-state index in [2.05, 4.69) is 11.8 Å². The van der Waals surface area contributed by atoms with Crippen LogP contribution in [0.25, 0.3) is 0 Å². The molecule has 0 radical (unpaired) electrons. The SMILES string of the molecule is CC(CN(C)C)C(O)CCc1ccc(Cl)cc1. The van der Waals surface area contributed by atoms with E-state index in [4.69, 9.17) is 11.6 Å². The van der Waals surface area contributed by atoms with Crippen molar-refractivity contribution in [3.05, 3.63) is 34.9 Å². The number of hydrogen-bond acceptors (Lipinski definition) is 2. The second-order valence-corrected chi connectivity index (χ2v) is 5.41. The van der Waals surface area contributed by atoms with Gasteiger partial charge in [0.1, 0.15) is 0 Å². The fraction of sp³-hybridized carbons (Fsp3) is 0.571. The maximum absolute atomic E-state index is 10.0. The Bertz CT molecular complexity index is 323. The van der Waals surface area contributed by atoms with Crippen molar-refractivity contribution in [3.63, 3.8) is 0 Å². The Labute approximate surface area is 109 Å². The van der Waals surface area contributed by atoms with Crippen LogP contribution in [-0.2, 0) is 6.42 Å². The lowest BCUT2D eigenvalue weighted by Gasteiger charge is -2.22. The number of aliphatic hydroxyl groups is 1. The van der Waals surface area contributed by atoms with E-state index in [9.17, 15) is 5.11 Å². The number of halogens is 1. The molecule has 0 fully saturated rings. The lowest BCUT2D eigenvalue weighted by molar-refractivity contribution is 0.0922. The van der Waals surface area contributed by atoms with Crippen LogP contribution >= 0.6 is 11.6 Å². The van der Waals surface area contributed by atoms with Gasteiger partial charge in [0.2, 0.25) is 0 Å². The second-order valence-electron chi connectivity index (χ2n) is 4.97. The molecule has 0 saturated carbocycles. The molecule has 0 aliphatic carbocycles. The molecule has 0 saturated heterocycles. The molecule has 0 aromatic heterocycles. The van der Waals surface area contributed by atoms with E-state index in [-0.39, 0.29) is 6.10 Å². The smallest absolute Gasteiger partial charge is 0.0581 e. The molecule has 3 heteroatoms. The van der Waals surface area contributed by atoms with Crippen LogP contribution < -0.4 is 0 Å². The van der Waals surface area contributed by atoms with Crippen LogP contribution in [0.4, 0.5) is 0 Å². The van der Waals surface area contributed by atoms with E-state index in [0.29, 0.717) is 5.92 Å². The first-order valence-electron chi connectivity index (χ1n) is 6.06. The monoisotopic (exact) mass is 255 g/mol. The first kappa shape index (κ1) is 14.5. The van der Waals surface area contributed by atoms with Gasteiger partial charge >= 0.3 is 0 Å². The van der Waals surface area contributed by atoms with Gasteiger partial charge in [0.15, 0.2) is 0 Å². The highest BCUT2D eigenvalue weighted by atomic mass is 35.5. The zero-order valence-electron chi connectivity index (χ0n) is 10.9. The molecule has 17 heavy (non-hydrogen) atoms. The summed E-state index contributed by atoms with van der Waals surface area (Å²) >= 11 is 5.83. The molecular formula is C14H22ClNO. The molecule has 0 spiro atoms. The van der Waals surface area contributed by atoms with E-state index >= 15 is 0 Å². The van der Waals surface area contributed by atoms with Gasteiger partial charge in [0, 0.05) is 11.6 Å². The number of rotatable bonds is 6. The highest BCUT2D eigenvalue weighted by Crippen LogP contribution is 2.14. The van der Waals surface area contributed by atoms with Crippen molar-refractivity contribution in [3.8, 4) is 0 Å². The predicted molar refractivity (Wildman–Crippen MR) is 73.5 cm³/mol. The Hall–Kier alpha value is -0.570. The van der Waals surface area contributed by atoms with Crippen molar-refractivity contribution in [2.45, 2.75) is 25.9 Å². The van der Waals surface area contributed by atoms with Gasteiger partial charge in [-0.25, -0.2) is 0 Å². The van der Waals surface area contributed by atoms with Crippen LogP contribution in [0.15, 0.2) is 24.3 Å². The molecule has 2 unspecified atom stereocenters. The Morgan fingerprint density at radius 2 is 1.82 bits per heavy atom. The standard InChI is InChI=1S/C14H22ClNO/c1-11(10-16(2)3)14(17)9-6-12-4-7-13(15)8-5-12/h4-5,7-8,11,14,17H,6,9-10H2,1-3H3. The van der Waals surface area contributed by atoms with Gasteiger partial charge in [-0.05, 0) is 50.6 Å². The van der Waals surface area contributed by atoms with E-state index in [1.807, 2.05) is 38.4 Å². The molecule has 0 bridgehead atoms. The van der Waals surface area contributed by atoms with Gasteiger partial charge in [-0.1, -0.05) is 30.7 Å². The van der Waals surface area contributed by atoms with Crippen LogP contribution in [0.1, 0.15) is 18.9 Å². The molecule has 0 heterocycles. The minimum absolute atomic E-state index is 0.243. The molecule has 96 valence electrons. The molecule has 2 atom stereocenters. The van der Waals surface area contributed by atoms with Crippen molar-refractivity contribution in [1.82, 2.24) is 4.90 Å². The summed E-state index contributed by atoms with van der Waals surface area (Å²) in [7, 11) is 4.06. The Morgan fingerprint density at radius 1 is 1.24 bits per heavy atom. The first-order valence-corrected chi connectivity index (χ1v) is 6.44. The molecule has 1 N–H and O–H groups in total. The second kappa shape index (κ2) is 7.00. The molecular weight excluding hydrogens is 234 g/mol. The minimum Gasteiger partial charge on any atom is -0.393 e. The van der Waals surface area contributed by atoms with Gasteiger partial charge < -0.3 is 10.0 Å². The first-order chi connectivity index (χ1) is 7.99. The quantitative estimate of drug-likeness (QED) is 0.845. The van der Waals surface area contributed by atoms with Crippen molar-refractivity contribution in [2.75, 3.05) is 20.6 Å². The Balaban J connectivity index is 2.37. The van der Waals surface area contributed by atoms with Crippen LogP contribution in [0, 0.1) is 5.92 Å². The van der Waals surface area contributed by atoms with E-state index in [1.54, 1.807) is 0 Å². The molecule has 1 aromatic rings. The van der Waals surface area contributed by atoms with Crippen molar-refractivity contribution < 1.29 is 5.11 Å². The number of aliphatic hydroxyl groups excluding tert-OH is 1. The van der Waals surface area contributed by atoms with Crippen LogP contribution in [0.2, 0.25) is 5.02 Å². The third-order valence-corrected chi connectivity index (χ3v) is 3.20. The minimum atomic E-state index is -0.243. The number of aryl methyl sites for hydroxylation is 1. The summed E-state index contributed by atoms with van der Waals surface area (Å²) in [6, 6.07) is 7.83. The zero-order valence-corrected chi connectivity index (χ0v) is 11.6. The molecule has 0 amide bonds. The van der Waals surface area contributed by atoms with Crippen molar-refractivity contribution >= 4 is 11.6 Å². The lowest BCUT2D eigenvalue weighted by atomic mass is 9.97. The number of hydrogen-bond donors (Lipinski definition) is 1. The average Bonchev–Trinajstić information content (AvgIpc) is 2.27. The Morgan fingerprint density at radius 3 is 2.35 bits per heavy atom. The third kappa shape index (κ3) is 5.53. The molecule has 0 aliphatic heterocycles. The van der Waals surface area contributed by atoms with Gasteiger partial charge in [0.25, 0.3) is 0 Å². The van der Waals surface area contributed by atoms with E-state index in [1.165, 1.54) is 5.56 Å². The van der Waals surface area contributed by atoms with Gasteiger partial charge in [-0.3, -0.25) is 0 Å². The van der Waals surface area contributed by atoms with Crippen molar-refractivity contribution in [1.29, 1.82) is 0 Å². The molecule has 1 aromatic carbocycles. The topological polar surface area (TPSA) is 23.5 Å². The normalized spacial score (nSPS) is 14.9. The number of nitrogens with zero attached hydrogens (tertiary/aromatic N) is 1. The predicted octanol–water partition coefficient (Wildman–Crippen LogP) is 2.83. The van der Waals surface area contributed by atoms with E-state index in [0.717, 1.165) is 24.4 Å². The van der Waals surface area contributed by atoms with Crippen LogP contribution in [0.3, 0.4) is 0 Å². The highest BCUT2D eigenvalue weighted by molar-refractivity contribution is 6.30. The molecule has 1 rings (SSSR count). The largest absolute Gasteiger partial charge is 0.393 e. The molecule has 2 nitrogen and oxygen atoms in total. The van der Waals surface area contributed by atoms with Crippen LogP contribution in [0.5, 0.6) is 0 Å². The van der Waals surface area contributed by atoms with Gasteiger partial charge in [-0.2, -0.15) is 0 Å².